The fourth-order valence-corrected chi connectivity index (χ4v) is 2.97. The monoisotopic (exact) mass is 324 g/mol. The maximum Gasteiger partial charge on any atom is 0.224 e. The highest BCUT2D eigenvalue weighted by molar-refractivity contribution is 5.90. The van der Waals surface area contributed by atoms with Crippen LogP contribution < -0.4 is 10.1 Å². The van der Waals surface area contributed by atoms with E-state index in [-0.39, 0.29) is 5.91 Å². The van der Waals surface area contributed by atoms with Crippen molar-refractivity contribution in [1.29, 1.82) is 0 Å². The third-order valence-electron chi connectivity index (χ3n) is 4.43. The Kier molecular flexibility index (Phi) is 5.49. The van der Waals surface area contributed by atoms with Gasteiger partial charge in [0.15, 0.2) is 0 Å². The number of nitrogens with zero attached hydrogens (tertiary/aromatic N) is 1. The van der Waals surface area contributed by atoms with E-state index in [4.69, 9.17) is 4.74 Å². The van der Waals surface area contributed by atoms with Gasteiger partial charge in [-0.05, 0) is 75.3 Å². The van der Waals surface area contributed by atoms with E-state index >= 15 is 0 Å². The van der Waals surface area contributed by atoms with Crippen LogP contribution >= 0.6 is 0 Å². The number of carbonyl (C=O) groups excluding carboxylic acids is 1. The third kappa shape index (κ3) is 4.83. The molecule has 1 fully saturated rings. The smallest absolute Gasteiger partial charge is 0.224 e. The minimum Gasteiger partial charge on any atom is -0.457 e. The average Bonchev–Trinajstić information content (AvgIpc) is 2.60. The van der Waals surface area contributed by atoms with Gasteiger partial charge in [0.2, 0.25) is 5.91 Å². The zero-order valence-corrected chi connectivity index (χ0v) is 14.1. The number of para-hydroxylation sites is 1. The summed E-state index contributed by atoms with van der Waals surface area (Å²) in [5.74, 6) is 2.16. The van der Waals surface area contributed by atoms with Gasteiger partial charge in [-0.15, -0.1) is 0 Å². The van der Waals surface area contributed by atoms with Crippen LogP contribution in [0.2, 0.25) is 0 Å². The number of likely N-dealkylation sites (tertiary alicyclic amines) is 1. The molecule has 3 rings (SSSR count). The van der Waals surface area contributed by atoms with E-state index in [1.807, 2.05) is 54.6 Å². The lowest BCUT2D eigenvalue weighted by Crippen LogP contribution is -2.31. The maximum absolute atomic E-state index is 12.2. The highest BCUT2D eigenvalue weighted by Crippen LogP contribution is 2.24. The first kappa shape index (κ1) is 16.5. The number of amides is 1. The molecule has 4 heteroatoms. The van der Waals surface area contributed by atoms with Crippen molar-refractivity contribution in [3.8, 4) is 11.5 Å². The van der Waals surface area contributed by atoms with Gasteiger partial charge in [-0.1, -0.05) is 18.2 Å². The molecule has 0 bridgehead atoms. The highest BCUT2D eigenvalue weighted by Gasteiger charge is 2.19. The van der Waals surface area contributed by atoms with E-state index < -0.39 is 0 Å². The molecule has 4 nitrogen and oxygen atoms in total. The van der Waals surface area contributed by atoms with Gasteiger partial charge in [0, 0.05) is 12.1 Å². The number of rotatable bonds is 5. The number of hydrogen-bond acceptors (Lipinski definition) is 3. The standard InChI is InChI=1S/C20H24N2O2/c1-22-13-11-16(12-14-22)15-20(23)21-17-7-9-19(10-8-17)24-18-5-3-2-4-6-18/h2-10,16H,11-15H2,1H3,(H,21,23). The van der Waals surface area contributed by atoms with Gasteiger partial charge >= 0.3 is 0 Å². The normalized spacial score (nSPS) is 15.9. The molecule has 1 heterocycles. The minimum atomic E-state index is 0.0984. The summed E-state index contributed by atoms with van der Waals surface area (Å²) in [7, 11) is 2.13. The van der Waals surface area contributed by atoms with Crippen LogP contribution in [0.5, 0.6) is 11.5 Å². The number of piperidine rings is 1. The lowest BCUT2D eigenvalue weighted by Gasteiger charge is -2.28. The van der Waals surface area contributed by atoms with E-state index in [2.05, 4.69) is 17.3 Å². The zero-order chi connectivity index (χ0) is 16.8. The van der Waals surface area contributed by atoms with Crippen LogP contribution in [0.4, 0.5) is 5.69 Å². The molecule has 1 aliphatic heterocycles. The summed E-state index contributed by atoms with van der Waals surface area (Å²) in [5.41, 5.74) is 0.813. The Bertz CT molecular complexity index is 647. The molecule has 0 aliphatic carbocycles. The highest BCUT2D eigenvalue weighted by atomic mass is 16.5. The molecule has 1 saturated heterocycles. The minimum absolute atomic E-state index is 0.0984. The fourth-order valence-electron chi connectivity index (χ4n) is 2.97. The summed E-state index contributed by atoms with van der Waals surface area (Å²) in [6, 6.07) is 17.2. The Morgan fingerprint density at radius 3 is 2.33 bits per heavy atom. The largest absolute Gasteiger partial charge is 0.457 e. The SMILES string of the molecule is CN1CCC(CC(=O)Nc2ccc(Oc3ccccc3)cc2)CC1. The van der Waals surface area contributed by atoms with E-state index in [1.54, 1.807) is 0 Å². The summed E-state index contributed by atoms with van der Waals surface area (Å²) < 4.78 is 5.75. The Labute approximate surface area is 143 Å². The van der Waals surface area contributed by atoms with Gasteiger partial charge in [0.25, 0.3) is 0 Å². The van der Waals surface area contributed by atoms with Crippen molar-refractivity contribution in [2.45, 2.75) is 19.3 Å². The molecule has 2 aromatic rings. The molecule has 1 amide bonds. The molecule has 0 aromatic heterocycles. The topological polar surface area (TPSA) is 41.6 Å². The number of hydrogen-bond donors (Lipinski definition) is 1. The van der Waals surface area contributed by atoms with Crippen molar-refractivity contribution in [3.63, 3.8) is 0 Å². The van der Waals surface area contributed by atoms with Crippen molar-refractivity contribution in [1.82, 2.24) is 4.90 Å². The predicted octanol–water partition coefficient (Wildman–Crippen LogP) is 4.15. The molecular formula is C20H24N2O2. The number of benzene rings is 2. The predicted molar refractivity (Wildman–Crippen MR) is 96.4 cm³/mol. The first-order valence-corrected chi connectivity index (χ1v) is 8.50. The van der Waals surface area contributed by atoms with Crippen molar-refractivity contribution in [3.05, 3.63) is 54.6 Å². The first-order valence-electron chi connectivity index (χ1n) is 8.50. The van der Waals surface area contributed by atoms with Crippen LogP contribution in [0.1, 0.15) is 19.3 Å². The quantitative estimate of drug-likeness (QED) is 0.898. The summed E-state index contributed by atoms with van der Waals surface area (Å²) >= 11 is 0. The second kappa shape index (κ2) is 7.97. The fraction of sp³-hybridized carbons (Fsp3) is 0.350. The molecule has 0 spiro atoms. The molecule has 0 atom stereocenters. The van der Waals surface area contributed by atoms with Crippen molar-refractivity contribution in [2.75, 3.05) is 25.5 Å². The van der Waals surface area contributed by atoms with E-state index in [1.165, 1.54) is 0 Å². The van der Waals surface area contributed by atoms with Crippen LogP contribution in [0.15, 0.2) is 54.6 Å². The number of nitrogens with one attached hydrogen (secondary N) is 1. The van der Waals surface area contributed by atoms with Gasteiger partial charge in [-0.3, -0.25) is 4.79 Å². The molecule has 24 heavy (non-hydrogen) atoms. The lowest BCUT2D eigenvalue weighted by molar-refractivity contribution is -0.117. The van der Waals surface area contributed by atoms with Crippen molar-refractivity contribution in [2.24, 2.45) is 5.92 Å². The van der Waals surface area contributed by atoms with E-state index in [0.29, 0.717) is 12.3 Å². The average molecular weight is 324 g/mol. The molecule has 126 valence electrons. The number of ether oxygens (including phenoxy) is 1. The molecule has 2 aromatic carbocycles. The molecule has 0 saturated carbocycles. The Morgan fingerprint density at radius 1 is 1.04 bits per heavy atom. The zero-order valence-electron chi connectivity index (χ0n) is 14.1. The number of carbonyl (C=O) groups is 1. The molecule has 1 aliphatic rings. The second-order valence-corrected chi connectivity index (χ2v) is 6.44. The van der Waals surface area contributed by atoms with Crippen molar-refractivity contribution < 1.29 is 9.53 Å². The Hall–Kier alpha value is -2.33. The first-order chi connectivity index (χ1) is 11.7. The van der Waals surface area contributed by atoms with Crippen molar-refractivity contribution >= 4 is 11.6 Å². The second-order valence-electron chi connectivity index (χ2n) is 6.44. The van der Waals surface area contributed by atoms with Crippen LogP contribution in [-0.4, -0.2) is 30.9 Å². The molecule has 1 N–H and O–H groups in total. The Morgan fingerprint density at radius 2 is 1.67 bits per heavy atom. The van der Waals surface area contributed by atoms with E-state index in [0.717, 1.165) is 43.1 Å². The summed E-state index contributed by atoms with van der Waals surface area (Å²) in [4.78, 5) is 14.5. The van der Waals surface area contributed by atoms with Crippen LogP contribution in [0, 0.1) is 5.92 Å². The van der Waals surface area contributed by atoms with Gasteiger partial charge in [0.05, 0.1) is 0 Å². The summed E-state index contributed by atoms with van der Waals surface area (Å²) in [6.45, 7) is 2.17. The molecule has 0 unspecified atom stereocenters. The Balaban J connectivity index is 1.49. The molecule has 0 radical (unpaired) electrons. The summed E-state index contributed by atoms with van der Waals surface area (Å²) in [6.07, 6.45) is 2.82. The van der Waals surface area contributed by atoms with Crippen LogP contribution in [0.25, 0.3) is 0 Å². The van der Waals surface area contributed by atoms with Gasteiger partial charge in [0.1, 0.15) is 11.5 Å². The van der Waals surface area contributed by atoms with Crippen LogP contribution in [-0.2, 0) is 4.79 Å². The van der Waals surface area contributed by atoms with E-state index in [9.17, 15) is 4.79 Å². The summed E-state index contributed by atoms with van der Waals surface area (Å²) in [5, 5.41) is 2.98. The van der Waals surface area contributed by atoms with Gasteiger partial charge in [-0.25, -0.2) is 0 Å². The molecular weight excluding hydrogens is 300 g/mol. The third-order valence-corrected chi connectivity index (χ3v) is 4.43. The van der Waals surface area contributed by atoms with Gasteiger partial charge < -0.3 is 15.0 Å². The van der Waals surface area contributed by atoms with Gasteiger partial charge in [-0.2, -0.15) is 0 Å². The van der Waals surface area contributed by atoms with Crippen LogP contribution in [0.3, 0.4) is 0 Å². The lowest BCUT2D eigenvalue weighted by atomic mass is 9.93. The number of anilines is 1. The maximum atomic E-state index is 12.2.